The van der Waals surface area contributed by atoms with Gasteiger partial charge in [0.25, 0.3) is 0 Å². The molecule has 0 spiro atoms. The van der Waals surface area contributed by atoms with Crippen molar-refractivity contribution in [2.75, 3.05) is 36.5 Å². The van der Waals surface area contributed by atoms with E-state index in [2.05, 4.69) is 22.2 Å². The molecule has 1 atom stereocenters. The first-order valence-electron chi connectivity index (χ1n) is 7.36. The molecule has 0 amide bonds. The second kappa shape index (κ2) is 7.38. The number of nitrogens with one attached hydrogen (secondary N) is 1. The molecule has 0 aromatic carbocycles. The fourth-order valence-electron chi connectivity index (χ4n) is 2.58. The van der Waals surface area contributed by atoms with Gasteiger partial charge in [-0.2, -0.15) is 4.98 Å². The van der Waals surface area contributed by atoms with Crippen LogP contribution in [0.25, 0.3) is 0 Å². The van der Waals surface area contributed by atoms with Crippen molar-refractivity contribution < 1.29 is 9.50 Å². The molecular formula is C14H23FN4O. The van der Waals surface area contributed by atoms with Crippen LogP contribution in [0.2, 0.25) is 0 Å². The number of hydrogen-bond acceptors (Lipinski definition) is 5. The molecule has 2 rings (SSSR count). The van der Waals surface area contributed by atoms with Gasteiger partial charge in [0.2, 0.25) is 5.95 Å². The molecule has 1 unspecified atom stereocenters. The van der Waals surface area contributed by atoms with Gasteiger partial charge < -0.3 is 15.3 Å². The largest absolute Gasteiger partial charge is 0.396 e. The number of rotatable bonds is 6. The minimum atomic E-state index is -0.378. The summed E-state index contributed by atoms with van der Waals surface area (Å²) in [5, 5.41) is 12.1. The van der Waals surface area contributed by atoms with Gasteiger partial charge in [-0.15, -0.1) is 0 Å². The zero-order chi connectivity index (χ0) is 14.4. The summed E-state index contributed by atoms with van der Waals surface area (Å²) in [7, 11) is 0. The third kappa shape index (κ3) is 3.79. The van der Waals surface area contributed by atoms with E-state index in [0.717, 1.165) is 45.3 Å². The van der Waals surface area contributed by atoms with Crippen LogP contribution >= 0.6 is 0 Å². The van der Waals surface area contributed by atoms with E-state index in [1.54, 1.807) is 0 Å². The quantitative estimate of drug-likeness (QED) is 0.836. The van der Waals surface area contributed by atoms with Crippen LogP contribution < -0.4 is 10.2 Å². The molecule has 0 radical (unpaired) electrons. The van der Waals surface area contributed by atoms with Crippen molar-refractivity contribution in [1.82, 2.24) is 9.97 Å². The number of piperidine rings is 1. The lowest BCUT2D eigenvalue weighted by Gasteiger charge is -2.33. The SMILES string of the molecule is CCCNc1ncc(F)c(N2CCCC(CCO)C2)n1. The van der Waals surface area contributed by atoms with Gasteiger partial charge in [-0.05, 0) is 31.6 Å². The van der Waals surface area contributed by atoms with Crippen molar-refractivity contribution in [3.63, 3.8) is 0 Å². The van der Waals surface area contributed by atoms with Crippen LogP contribution in [0, 0.1) is 11.7 Å². The first kappa shape index (κ1) is 15.0. The third-order valence-electron chi connectivity index (χ3n) is 3.61. The monoisotopic (exact) mass is 282 g/mol. The molecule has 5 nitrogen and oxygen atoms in total. The number of halogens is 1. The highest BCUT2D eigenvalue weighted by atomic mass is 19.1. The molecule has 1 aromatic rings. The fraction of sp³-hybridized carbons (Fsp3) is 0.714. The lowest BCUT2D eigenvalue weighted by molar-refractivity contribution is 0.244. The van der Waals surface area contributed by atoms with Crippen LogP contribution in [0.5, 0.6) is 0 Å². The normalized spacial score (nSPS) is 19.1. The Labute approximate surface area is 119 Å². The van der Waals surface area contributed by atoms with E-state index < -0.39 is 0 Å². The number of aromatic nitrogens is 2. The Morgan fingerprint density at radius 1 is 1.55 bits per heavy atom. The van der Waals surface area contributed by atoms with Gasteiger partial charge in [-0.25, -0.2) is 9.37 Å². The lowest BCUT2D eigenvalue weighted by atomic mass is 9.95. The molecule has 0 saturated carbocycles. The zero-order valence-electron chi connectivity index (χ0n) is 12.0. The van der Waals surface area contributed by atoms with Crippen LogP contribution in [0.1, 0.15) is 32.6 Å². The van der Waals surface area contributed by atoms with Gasteiger partial charge in [-0.3, -0.25) is 0 Å². The van der Waals surface area contributed by atoms with E-state index in [1.165, 1.54) is 6.20 Å². The molecule has 1 aromatic heterocycles. The average molecular weight is 282 g/mol. The van der Waals surface area contributed by atoms with Crippen LogP contribution in [-0.2, 0) is 0 Å². The molecule has 2 heterocycles. The molecule has 1 aliphatic heterocycles. The van der Waals surface area contributed by atoms with Gasteiger partial charge in [0.15, 0.2) is 11.6 Å². The maximum atomic E-state index is 13.9. The maximum absolute atomic E-state index is 13.9. The number of anilines is 2. The molecule has 1 fully saturated rings. The predicted octanol–water partition coefficient (Wildman–Crippen LogP) is 2.04. The van der Waals surface area contributed by atoms with Crippen LogP contribution in [0.15, 0.2) is 6.20 Å². The zero-order valence-corrected chi connectivity index (χ0v) is 12.0. The summed E-state index contributed by atoms with van der Waals surface area (Å²) in [6.07, 6.45) is 5.06. The van der Waals surface area contributed by atoms with Gasteiger partial charge in [-0.1, -0.05) is 6.92 Å². The van der Waals surface area contributed by atoms with Crippen molar-refractivity contribution in [2.24, 2.45) is 5.92 Å². The average Bonchev–Trinajstić information content (AvgIpc) is 2.47. The highest BCUT2D eigenvalue weighted by Gasteiger charge is 2.23. The van der Waals surface area contributed by atoms with Crippen molar-refractivity contribution in [3.05, 3.63) is 12.0 Å². The summed E-state index contributed by atoms with van der Waals surface area (Å²) in [5.41, 5.74) is 0. The summed E-state index contributed by atoms with van der Waals surface area (Å²) in [6, 6.07) is 0. The first-order chi connectivity index (χ1) is 9.74. The third-order valence-corrected chi connectivity index (χ3v) is 3.61. The van der Waals surface area contributed by atoms with Crippen molar-refractivity contribution in [1.29, 1.82) is 0 Å². The molecule has 112 valence electrons. The summed E-state index contributed by atoms with van der Waals surface area (Å²) < 4.78 is 13.9. The topological polar surface area (TPSA) is 61.3 Å². The standard InChI is InChI=1S/C14H23FN4O/c1-2-6-16-14-17-9-12(15)13(18-14)19-7-3-4-11(10-19)5-8-20/h9,11,20H,2-8,10H2,1H3,(H,16,17,18). The Morgan fingerprint density at radius 2 is 2.40 bits per heavy atom. The Morgan fingerprint density at radius 3 is 3.15 bits per heavy atom. The van der Waals surface area contributed by atoms with Crippen LogP contribution in [0.3, 0.4) is 0 Å². The van der Waals surface area contributed by atoms with E-state index in [1.807, 2.05) is 4.90 Å². The minimum absolute atomic E-state index is 0.189. The second-order valence-electron chi connectivity index (χ2n) is 5.26. The minimum Gasteiger partial charge on any atom is -0.396 e. The fourth-order valence-corrected chi connectivity index (χ4v) is 2.58. The van der Waals surface area contributed by atoms with E-state index in [-0.39, 0.29) is 12.4 Å². The summed E-state index contributed by atoms with van der Waals surface area (Å²) in [6.45, 7) is 4.58. The molecule has 0 bridgehead atoms. The molecule has 20 heavy (non-hydrogen) atoms. The Balaban J connectivity index is 2.09. The van der Waals surface area contributed by atoms with Gasteiger partial charge >= 0.3 is 0 Å². The van der Waals surface area contributed by atoms with E-state index >= 15 is 0 Å². The molecule has 1 aliphatic rings. The van der Waals surface area contributed by atoms with Gasteiger partial charge in [0.05, 0.1) is 6.20 Å². The van der Waals surface area contributed by atoms with E-state index in [0.29, 0.717) is 17.7 Å². The number of aliphatic hydroxyl groups excluding tert-OH is 1. The Bertz CT molecular complexity index is 428. The maximum Gasteiger partial charge on any atom is 0.224 e. The number of aliphatic hydroxyl groups is 1. The van der Waals surface area contributed by atoms with E-state index in [9.17, 15) is 4.39 Å². The smallest absolute Gasteiger partial charge is 0.224 e. The summed E-state index contributed by atoms with van der Waals surface area (Å²) in [5.74, 6) is 0.889. The molecule has 0 aliphatic carbocycles. The van der Waals surface area contributed by atoms with Gasteiger partial charge in [0, 0.05) is 26.2 Å². The molecular weight excluding hydrogens is 259 g/mol. The molecule has 6 heteroatoms. The van der Waals surface area contributed by atoms with Crippen molar-refractivity contribution in [2.45, 2.75) is 32.6 Å². The first-order valence-corrected chi connectivity index (χ1v) is 7.36. The van der Waals surface area contributed by atoms with Crippen LogP contribution in [-0.4, -0.2) is 41.3 Å². The molecule has 1 saturated heterocycles. The highest BCUT2D eigenvalue weighted by molar-refractivity contribution is 5.44. The highest BCUT2D eigenvalue weighted by Crippen LogP contribution is 2.25. The van der Waals surface area contributed by atoms with Crippen molar-refractivity contribution >= 4 is 11.8 Å². The van der Waals surface area contributed by atoms with Crippen LogP contribution in [0.4, 0.5) is 16.2 Å². The van der Waals surface area contributed by atoms with Crippen molar-refractivity contribution in [3.8, 4) is 0 Å². The number of hydrogen-bond donors (Lipinski definition) is 2. The molecule has 2 N–H and O–H groups in total. The Hall–Kier alpha value is -1.43. The predicted molar refractivity (Wildman–Crippen MR) is 77.4 cm³/mol. The summed E-state index contributed by atoms with van der Waals surface area (Å²) >= 11 is 0. The number of nitrogens with zero attached hydrogens (tertiary/aromatic N) is 3. The van der Waals surface area contributed by atoms with E-state index in [4.69, 9.17) is 5.11 Å². The summed E-state index contributed by atoms with van der Waals surface area (Å²) in [4.78, 5) is 10.2. The van der Waals surface area contributed by atoms with Gasteiger partial charge in [0.1, 0.15) is 0 Å². The lowest BCUT2D eigenvalue weighted by Crippen LogP contribution is -2.37. The Kier molecular flexibility index (Phi) is 5.52. The second-order valence-corrected chi connectivity index (χ2v) is 5.26.